The van der Waals surface area contributed by atoms with Gasteiger partial charge in [-0.15, -0.1) is 0 Å². The summed E-state index contributed by atoms with van der Waals surface area (Å²) in [6, 6.07) is 6.33. The number of carboxylic acid groups (broad SMARTS) is 1. The molecule has 1 fully saturated rings. The van der Waals surface area contributed by atoms with Gasteiger partial charge in [0, 0.05) is 24.4 Å². The number of aryl methyl sites for hydroxylation is 2. The highest BCUT2D eigenvalue weighted by Gasteiger charge is 2.26. The number of hydrogen-bond acceptors (Lipinski definition) is 2. The fourth-order valence-electron chi connectivity index (χ4n) is 2.97. The second kappa shape index (κ2) is 4.85. The lowest BCUT2D eigenvalue weighted by molar-refractivity contribution is 0.130. The molecule has 3 rings (SSSR count). The van der Waals surface area contributed by atoms with Crippen LogP contribution in [0.5, 0.6) is 0 Å². The molecule has 1 aromatic heterocycles. The van der Waals surface area contributed by atoms with E-state index in [0.29, 0.717) is 19.0 Å². The minimum Gasteiger partial charge on any atom is -0.465 e. The Kier molecular flexibility index (Phi) is 3.16. The fraction of sp³-hybridized carbons (Fsp3) is 0.438. The first-order valence-electron chi connectivity index (χ1n) is 7.04. The van der Waals surface area contributed by atoms with E-state index < -0.39 is 6.09 Å². The Morgan fingerprint density at radius 3 is 2.50 bits per heavy atom. The summed E-state index contributed by atoms with van der Waals surface area (Å²) in [6.45, 7) is 5.33. The van der Waals surface area contributed by atoms with Gasteiger partial charge in [0.1, 0.15) is 11.3 Å². The molecular formula is C16H19NO3. The smallest absolute Gasteiger partial charge is 0.407 e. The molecule has 1 N–H and O–H groups in total. The molecule has 1 aliphatic rings. The summed E-state index contributed by atoms with van der Waals surface area (Å²) in [6.07, 6.45) is 0.855. The van der Waals surface area contributed by atoms with Crippen molar-refractivity contribution in [2.24, 2.45) is 0 Å². The van der Waals surface area contributed by atoms with Crippen LogP contribution in [-0.2, 0) is 0 Å². The van der Waals surface area contributed by atoms with E-state index in [1.807, 2.05) is 0 Å². The first kappa shape index (κ1) is 13.0. The average molecular weight is 273 g/mol. The maximum absolute atomic E-state index is 10.9. The van der Waals surface area contributed by atoms with Crippen LogP contribution in [-0.4, -0.2) is 29.2 Å². The lowest BCUT2D eigenvalue weighted by atomic mass is 9.94. The number of amides is 1. The van der Waals surface area contributed by atoms with Gasteiger partial charge in [0.25, 0.3) is 0 Å². The Morgan fingerprint density at radius 1 is 1.25 bits per heavy atom. The normalized spacial score (nSPS) is 16.8. The molecular weight excluding hydrogens is 254 g/mol. The lowest BCUT2D eigenvalue weighted by Gasteiger charge is -2.28. The van der Waals surface area contributed by atoms with E-state index in [1.165, 1.54) is 15.8 Å². The highest BCUT2D eigenvalue weighted by molar-refractivity contribution is 5.84. The zero-order chi connectivity index (χ0) is 14.3. The molecule has 1 saturated heterocycles. The predicted octanol–water partition coefficient (Wildman–Crippen LogP) is 3.91. The van der Waals surface area contributed by atoms with E-state index in [-0.39, 0.29) is 0 Å². The zero-order valence-electron chi connectivity index (χ0n) is 11.8. The van der Waals surface area contributed by atoms with Crippen molar-refractivity contribution in [3.63, 3.8) is 0 Å². The Labute approximate surface area is 118 Å². The Bertz CT molecular complexity index is 612. The Hall–Kier alpha value is -1.97. The third-order valence-electron chi connectivity index (χ3n) is 4.29. The largest absolute Gasteiger partial charge is 0.465 e. The number of benzene rings is 1. The second-order valence-corrected chi connectivity index (χ2v) is 5.63. The van der Waals surface area contributed by atoms with Gasteiger partial charge in [0.2, 0.25) is 0 Å². The molecule has 20 heavy (non-hydrogen) atoms. The topological polar surface area (TPSA) is 53.7 Å². The summed E-state index contributed by atoms with van der Waals surface area (Å²) >= 11 is 0. The maximum Gasteiger partial charge on any atom is 0.407 e. The van der Waals surface area contributed by atoms with Gasteiger partial charge < -0.3 is 14.4 Å². The number of hydrogen-bond donors (Lipinski definition) is 1. The SMILES string of the molecule is Cc1ccc(C)c2oc(C3CCN(C(=O)O)CC3)cc12. The molecule has 0 radical (unpaired) electrons. The zero-order valence-corrected chi connectivity index (χ0v) is 11.8. The number of carbonyl (C=O) groups is 1. The van der Waals surface area contributed by atoms with Gasteiger partial charge in [0.15, 0.2) is 0 Å². The van der Waals surface area contributed by atoms with Gasteiger partial charge >= 0.3 is 6.09 Å². The van der Waals surface area contributed by atoms with Gasteiger partial charge in [-0.2, -0.15) is 0 Å². The van der Waals surface area contributed by atoms with Gasteiger partial charge in [-0.1, -0.05) is 12.1 Å². The molecule has 1 aromatic carbocycles. The molecule has 106 valence electrons. The molecule has 0 aliphatic carbocycles. The van der Waals surface area contributed by atoms with E-state index in [0.717, 1.165) is 29.7 Å². The average Bonchev–Trinajstić information content (AvgIpc) is 2.89. The van der Waals surface area contributed by atoms with Crippen LogP contribution >= 0.6 is 0 Å². The van der Waals surface area contributed by atoms with Crippen molar-refractivity contribution in [3.05, 3.63) is 35.1 Å². The summed E-state index contributed by atoms with van der Waals surface area (Å²) in [7, 11) is 0. The van der Waals surface area contributed by atoms with Crippen molar-refractivity contribution in [2.75, 3.05) is 13.1 Å². The Balaban J connectivity index is 1.87. The second-order valence-electron chi connectivity index (χ2n) is 5.63. The van der Waals surface area contributed by atoms with Crippen molar-refractivity contribution in [2.45, 2.75) is 32.6 Å². The first-order chi connectivity index (χ1) is 9.56. The predicted molar refractivity (Wildman–Crippen MR) is 77.3 cm³/mol. The van der Waals surface area contributed by atoms with Crippen molar-refractivity contribution < 1.29 is 14.3 Å². The maximum atomic E-state index is 10.9. The van der Waals surface area contributed by atoms with Crippen LogP contribution in [0, 0.1) is 13.8 Å². The van der Waals surface area contributed by atoms with Crippen molar-refractivity contribution in [1.82, 2.24) is 4.90 Å². The standard InChI is InChI=1S/C16H19NO3/c1-10-3-4-11(2)15-13(10)9-14(20-15)12-5-7-17(8-6-12)16(18)19/h3-4,9,12H,5-8H2,1-2H3,(H,18,19). The molecule has 4 nitrogen and oxygen atoms in total. The van der Waals surface area contributed by atoms with Crippen molar-refractivity contribution in [3.8, 4) is 0 Å². The van der Waals surface area contributed by atoms with Crippen LogP contribution in [0.2, 0.25) is 0 Å². The van der Waals surface area contributed by atoms with E-state index in [9.17, 15) is 4.79 Å². The molecule has 0 spiro atoms. The number of furan rings is 1. The molecule has 4 heteroatoms. The lowest BCUT2D eigenvalue weighted by Crippen LogP contribution is -2.36. The van der Waals surface area contributed by atoms with Gasteiger partial charge in [-0.05, 0) is 43.9 Å². The van der Waals surface area contributed by atoms with Crippen LogP contribution in [0.4, 0.5) is 4.79 Å². The molecule has 2 heterocycles. The summed E-state index contributed by atoms with van der Waals surface area (Å²) in [5, 5.41) is 10.2. The fourth-order valence-corrected chi connectivity index (χ4v) is 2.97. The van der Waals surface area contributed by atoms with E-state index >= 15 is 0 Å². The van der Waals surface area contributed by atoms with Gasteiger partial charge in [-0.3, -0.25) is 0 Å². The minimum absolute atomic E-state index is 0.330. The molecule has 0 bridgehead atoms. The van der Waals surface area contributed by atoms with Gasteiger partial charge in [-0.25, -0.2) is 4.79 Å². The highest BCUT2D eigenvalue weighted by Crippen LogP contribution is 2.34. The third kappa shape index (κ3) is 2.15. The molecule has 0 unspecified atom stereocenters. The molecule has 1 amide bonds. The highest BCUT2D eigenvalue weighted by atomic mass is 16.4. The summed E-state index contributed by atoms with van der Waals surface area (Å²) in [5.41, 5.74) is 3.35. The van der Waals surface area contributed by atoms with Gasteiger partial charge in [0.05, 0.1) is 0 Å². The number of nitrogens with zero attached hydrogens (tertiary/aromatic N) is 1. The molecule has 0 saturated carbocycles. The van der Waals surface area contributed by atoms with Crippen LogP contribution in [0.3, 0.4) is 0 Å². The molecule has 0 atom stereocenters. The van der Waals surface area contributed by atoms with Crippen LogP contribution < -0.4 is 0 Å². The Morgan fingerprint density at radius 2 is 1.90 bits per heavy atom. The van der Waals surface area contributed by atoms with Crippen LogP contribution in [0.1, 0.15) is 35.6 Å². The molecule has 2 aromatic rings. The van der Waals surface area contributed by atoms with E-state index in [2.05, 4.69) is 32.0 Å². The first-order valence-corrected chi connectivity index (χ1v) is 7.04. The van der Waals surface area contributed by atoms with Crippen LogP contribution in [0.15, 0.2) is 22.6 Å². The van der Waals surface area contributed by atoms with Crippen LogP contribution in [0.25, 0.3) is 11.0 Å². The van der Waals surface area contributed by atoms with Crippen molar-refractivity contribution in [1.29, 1.82) is 0 Å². The molecule has 1 aliphatic heterocycles. The summed E-state index contributed by atoms with van der Waals surface area (Å²) in [5.74, 6) is 1.33. The quantitative estimate of drug-likeness (QED) is 0.857. The van der Waals surface area contributed by atoms with Crippen molar-refractivity contribution >= 4 is 17.1 Å². The van der Waals surface area contributed by atoms with E-state index in [4.69, 9.17) is 9.52 Å². The number of rotatable bonds is 1. The summed E-state index contributed by atoms with van der Waals surface area (Å²) < 4.78 is 6.05. The third-order valence-corrected chi connectivity index (χ3v) is 4.29. The number of piperidine rings is 1. The van der Waals surface area contributed by atoms with E-state index in [1.54, 1.807) is 0 Å². The monoisotopic (exact) mass is 273 g/mol. The minimum atomic E-state index is -0.820. The number of likely N-dealkylation sites (tertiary alicyclic amines) is 1. The summed E-state index contributed by atoms with van der Waals surface area (Å²) in [4.78, 5) is 12.4. The number of fused-ring (bicyclic) bond motifs is 1.